The molecule has 0 spiro atoms. The molecule has 0 fully saturated rings. The fourth-order valence-electron chi connectivity index (χ4n) is 2.95. The minimum atomic E-state index is 0.280. The summed E-state index contributed by atoms with van der Waals surface area (Å²) in [5.74, 6) is 0.280. The van der Waals surface area contributed by atoms with E-state index in [-0.39, 0.29) is 5.75 Å². The highest BCUT2D eigenvalue weighted by Gasteiger charge is 2.18. The molecule has 2 aromatic carbocycles. The zero-order chi connectivity index (χ0) is 15.0. The molecule has 21 heavy (non-hydrogen) atoms. The van der Waals surface area contributed by atoms with Crippen LogP contribution in [-0.4, -0.2) is 25.7 Å². The summed E-state index contributed by atoms with van der Waals surface area (Å²) in [6.45, 7) is 5.78. The first-order valence-electron chi connectivity index (χ1n) is 7.07. The summed E-state index contributed by atoms with van der Waals surface area (Å²) in [7, 11) is 4.16. The van der Waals surface area contributed by atoms with Crippen molar-refractivity contribution >= 4 is 16.9 Å². The molecule has 0 amide bonds. The van der Waals surface area contributed by atoms with Crippen molar-refractivity contribution in [3.05, 3.63) is 60.2 Å². The largest absolute Gasteiger partial charge is 0.508 e. The summed E-state index contributed by atoms with van der Waals surface area (Å²) >= 11 is 0. The standard InChI is InChI=1S/C18H20N2O/c1-13-11-19(2)17-7-5-4-6-14(17)12-20(3)18-9-8-15(21)10-16(13)18/h4-10,21H,1,11-12H2,2-3H3. The van der Waals surface area contributed by atoms with Gasteiger partial charge >= 0.3 is 0 Å². The summed E-state index contributed by atoms with van der Waals surface area (Å²) in [6.07, 6.45) is 0. The quantitative estimate of drug-likeness (QED) is 0.800. The van der Waals surface area contributed by atoms with Gasteiger partial charge in [-0.05, 0) is 35.4 Å². The van der Waals surface area contributed by atoms with E-state index in [0.717, 1.165) is 29.9 Å². The Labute approximate surface area is 125 Å². The Morgan fingerprint density at radius 1 is 0.952 bits per heavy atom. The van der Waals surface area contributed by atoms with E-state index in [1.54, 1.807) is 12.1 Å². The Morgan fingerprint density at radius 2 is 1.67 bits per heavy atom. The van der Waals surface area contributed by atoms with Gasteiger partial charge in [-0.2, -0.15) is 0 Å². The zero-order valence-electron chi connectivity index (χ0n) is 12.5. The molecular formula is C18H20N2O. The van der Waals surface area contributed by atoms with Crippen molar-refractivity contribution in [2.45, 2.75) is 6.54 Å². The van der Waals surface area contributed by atoms with Crippen LogP contribution in [0.4, 0.5) is 11.4 Å². The third kappa shape index (κ3) is 2.47. The van der Waals surface area contributed by atoms with Crippen LogP contribution >= 0.6 is 0 Å². The van der Waals surface area contributed by atoms with Crippen molar-refractivity contribution in [3.8, 4) is 5.75 Å². The highest BCUT2D eigenvalue weighted by molar-refractivity contribution is 5.80. The van der Waals surface area contributed by atoms with Crippen LogP contribution in [-0.2, 0) is 6.54 Å². The second-order valence-electron chi connectivity index (χ2n) is 5.65. The number of fused-ring (bicyclic) bond motifs is 2. The van der Waals surface area contributed by atoms with Crippen LogP contribution in [0.15, 0.2) is 49.0 Å². The SMILES string of the molecule is C=C1CN(C)c2ccccc2CN(C)c2ccc(O)cc21. The second-order valence-corrected chi connectivity index (χ2v) is 5.65. The predicted octanol–water partition coefficient (Wildman–Crippen LogP) is 3.49. The Bertz CT molecular complexity index is 693. The smallest absolute Gasteiger partial charge is 0.116 e. The van der Waals surface area contributed by atoms with Crippen LogP contribution in [0.3, 0.4) is 0 Å². The number of hydrogen-bond acceptors (Lipinski definition) is 3. The number of likely N-dealkylation sites (N-methyl/N-ethyl adjacent to an activating group) is 1. The number of benzene rings is 2. The molecular weight excluding hydrogens is 260 g/mol. The maximum absolute atomic E-state index is 9.79. The molecule has 0 atom stereocenters. The van der Waals surface area contributed by atoms with E-state index in [9.17, 15) is 5.11 Å². The van der Waals surface area contributed by atoms with Crippen LogP contribution < -0.4 is 9.80 Å². The Balaban J connectivity index is 2.14. The summed E-state index contributed by atoms with van der Waals surface area (Å²) in [5, 5.41) is 9.79. The fraction of sp³-hybridized carbons (Fsp3) is 0.222. The van der Waals surface area contributed by atoms with Crippen molar-refractivity contribution in [2.75, 3.05) is 30.4 Å². The molecule has 1 heterocycles. The number of anilines is 2. The van der Waals surface area contributed by atoms with Crippen molar-refractivity contribution in [1.29, 1.82) is 0 Å². The van der Waals surface area contributed by atoms with E-state index in [1.807, 2.05) is 6.07 Å². The highest BCUT2D eigenvalue weighted by Crippen LogP contribution is 2.34. The number of phenolic OH excluding ortho intramolecular Hbond substituents is 1. The van der Waals surface area contributed by atoms with Crippen LogP contribution in [0.2, 0.25) is 0 Å². The highest BCUT2D eigenvalue weighted by atomic mass is 16.3. The van der Waals surface area contributed by atoms with Gasteiger partial charge in [0.1, 0.15) is 5.75 Å². The molecule has 0 saturated carbocycles. The predicted molar refractivity (Wildman–Crippen MR) is 89.0 cm³/mol. The van der Waals surface area contributed by atoms with E-state index in [1.165, 1.54) is 11.3 Å². The molecule has 1 aliphatic rings. The summed E-state index contributed by atoms with van der Waals surface area (Å²) in [5.41, 5.74) is 5.63. The summed E-state index contributed by atoms with van der Waals surface area (Å²) in [4.78, 5) is 4.42. The van der Waals surface area contributed by atoms with Gasteiger partial charge in [-0.3, -0.25) is 0 Å². The number of phenols is 1. The van der Waals surface area contributed by atoms with Gasteiger partial charge in [0.15, 0.2) is 0 Å². The molecule has 1 N–H and O–H groups in total. The molecule has 0 aliphatic carbocycles. The van der Waals surface area contributed by atoms with Gasteiger partial charge < -0.3 is 14.9 Å². The van der Waals surface area contributed by atoms with Gasteiger partial charge in [-0.1, -0.05) is 24.8 Å². The Kier molecular flexibility index (Phi) is 3.34. The van der Waals surface area contributed by atoms with E-state index < -0.39 is 0 Å². The lowest BCUT2D eigenvalue weighted by molar-refractivity contribution is 0.475. The lowest BCUT2D eigenvalue weighted by Gasteiger charge is -2.23. The van der Waals surface area contributed by atoms with Crippen molar-refractivity contribution in [1.82, 2.24) is 0 Å². The van der Waals surface area contributed by atoms with Crippen LogP contribution in [0.25, 0.3) is 5.57 Å². The summed E-state index contributed by atoms with van der Waals surface area (Å²) in [6, 6.07) is 13.9. The zero-order valence-corrected chi connectivity index (χ0v) is 12.5. The summed E-state index contributed by atoms with van der Waals surface area (Å²) < 4.78 is 0. The molecule has 0 unspecified atom stereocenters. The first-order chi connectivity index (χ1) is 10.1. The number of para-hydroxylation sites is 1. The molecule has 0 bridgehead atoms. The normalized spacial score (nSPS) is 14.9. The van der Waals surface area contributed by atoms with Gasteiger partial charge in [0.25, 0.3) is 0 Å². The topological polar surface area (TPSA) is 26.7 Å². The molecule has 0 saturated heterocycles. The van der Waals surface area contributed by atoms with E-state index in [4.69, 9.17) is 0 Å². The minimum absolute atomic E-state index is 0.280. The minimum Gasteiger partial charge on any atom is -0.508 e. The van der Waals surface area contributed by atoms with Crippen molar-refractivity contribution in [3.63, 3.8) is 0 Å². The maximum atomic E-state index is 9.79. The van der Waals surface area contributed by atoms with Crippen molar-refractivity contribution in [2.24, 2.45) is 0 Å². The van der Waals surface area contributed by atoms with Gasteiger partial charge in [0.2, 0.25) is 0 Å². The molecule has 3 heteroatoms. The first kappa shape index (κ1) is 13.6. The molecule has 3 nitrogen and oxygen atoms in total. The number of nitrogens with zero attached hydrogens (tertiary/aromatic N) is 2. The first-order valence-corrected chi connectivity index (χ1v) is 7.07. The third-order valence-corrected chi connectivity index (χ3v) is 4.01. The van der Waals surface area contributed by atoms with Crippen molar-refractivity contribution < 1.29 is 5.11 Å². The van der Waals surface area contributed by atoms with Crippen LogP contribution in [0.5, 0.6) is 5.75 Å². The number of hydrogen-bond donors (Lipinski definition) is 1. The average molecular weight is 280 g/mol. The van der Waals surface area contributed by atoms with Crippen LogP contribution in [0.1, 0.15) is 11.1 Å². The molecule has 3 rings (SSSR count). The Hall–Kier alpha value is -2.42. The van der Waals surface area contributed by atoms with Crippen LogP contribution in [0, 0.1) is 0 Å². The van der Waals surface area contributed by atoms with Gasteiger partial charge in [-0.15, -0.1) is 0 Å². The molecule has 0 radical (unpaired) electrons. The molecule has 108 valence electrons. The second kappa shape index (κ2) is 5.17. The molecule has 1 aliphatic heterocycles. The fourth-order valence-corrected chi connectivity index (χ4v) is 2.95. The number of aromatic hydroxyl groups is 1. The van der Waals surface area contributed by atoms with E-state index in [2.05, 4.69) is 54.7 Å². The average Bonchev–Trinajstić information content (AvgIpc) is 2.49. The molecule has 2 aromatic rings. The van der Waals surface area contributed by atoms with Gasteiger partial charge in [0, 0.05) is 44.1 Å². The maximum Gasteiger partial charge on any atom is 0.116 e. The molecule has 0 aromatic heterocycles. The van der Waals surface area contributed by atoms with E-state index >= 15 is 0 Å². The Morgan fingerprint density at radius 3 is 2.48 bits per heavy atom. The van der Waals surface area contributed by atoms with Gasteiger partial charge in [0.05, 0.1) is 0 Å². The third-order valence-electron chi connectivity index (χ3n) is 4.01. The van der Waals surface area contributed by atoms with Gasteiger partial charge in [-0.25, -0.2) is 0 Å². The monoisotopic (exact) mass is 280 g/mol. The lowest BCUT2D eigenvalue weighted by atomic mass is 10.0. The van der Waals surface area contributed by atoms with E-state index in [0.29, 0.717) is 0 Å². The number of rotatable bonds is 0. The lowest BCUT2D eigenvalue weighted by Crippen LogP contribution is -2.21.